The van der Waals surface area contributed by atoms with Gasteiger partial charge in [0.2, 0.25) is 0 Å². The number of fused-ring (bicyclic) bond motifs is 1. The number of likely N-dealkylation sites (N-methyl/N-ethyl adjacent to an activating group) is 1. The number of rotatable bonds is 5. The fourth-order valence-electron chi connectivity index (χ4n) is 4.63. The van der Waals surface area contributed by atoms with Gasteiger partial charge in [-0.05, 0) is 34.0 Å². The van der Waals surface area contributed by atoms with Crippen LogP contribution in [0.5, 0.6) is 0 Å². The Hall–Kier alpha value is -3.11. The van der Waals surface area contributed by atoms with Crippen molar-refractivity contribution in [1.82, 2.24) is 9.80 Å². The van der Waals surface area contributed by atoms with Crippen LogP contribution in [0, 0.1) is 0 Å². The highest BCUT2D eigenvalue weighted by Crippen LogP contribution is 2.36. The zero-order valence-corrected chi connectivity index (χ0v) is 21.0. The molecule has 0 bridgehead atoms. The van der Waals surface area contributed by atoms with Gasteiger partial charge in [0, 0.05) is 7.05 Å². The molecule has 1 heterocycles. The summed E-state index contributed by atoms with van der Waals surface area (Å²) in [6, 6.07) is 24.1. The minimum Gasteiger partial charge on any atom is -0.384 e. The fraction of sp³-hybridized carbons (Fsp3) is 0.286. The van der Waals surface area contributed by atoms with Crippen LogP contribution >= 0.6 is 0 Å². The van der Waals surface area contributed by atoms with Crippen LogP contribution in [0.3, 0.4) is 0 Å². The van der Waals surface area contributed by atoms with Crippen LogP contribution in [-0.4, -0.2) is 42.1 Å². The molecular formula is C28H32N2O2Si. The smallest absolute Gasteiger partial charge is 0.325 e. The molecule has 1 aliphatic heterocycles. The van der Waals surface area contributed by atoms with Gasteiger partial charge >= 0.3 is 6.03 Å². The first-order valence-electron chi connectivity index (χ1n) is 11.4. The van der Waals surface area contributed by atoms with Crippen molar-refractivity contribution in [2.45, 2.75) is 44.8 Å². The van der Waals surface area contributed by atoms with Crippen LogP contribution in [-0.2, 0) is 0 Å². The molecule has 0 radical (unpaired) electrons. The summed E-state index contributed by atoms with van der Waals surface area (Å²) in [6.45, 7) is 8.67. The summed E-state index contributed by atoms with van der Waals surface area (Å²) in [5.74, 6) is 0. The lowest BCUT2D eigenvalue weighted by Crippen LogP contribution is -2.29. The van der Waals surface area contributed by atoms with Crippen LogP contribution in [0.25, 0.3) is 10.8 Å². The van der Waals surface area contributed by atoms with Crippen LogP contribution in [0.1, 0.15) is 30.2 Å². The second-order valence-electron chi connectivity index (χ2n) is 9.80. The molecule has 3 aromatic rings. The molecular weight excluding hydrogens is 424 g/mol. The number of nitrogens with zero attached hydrogens (tertiary/aromatic N) is 2. The third-order valence-electron chi connectivity index (χ3n) is 6.59. The zero-order valence-electron chi connectivity index (χ0n) is 20.0. The Morgan fingerprint density at radius 1 is 1.00 bits per heavy atom. The van der Waals surface area contributed by atoms with E-state index in [0.29, 0.717) is 0 Å². The number of benzene rings is 3. The van der Waals surface area contributed by atoms with Gasteiger partial charge in [0.25, 0.3) is 0 Å². The van der Waals surface area contributed by atoms with E-state index in [4.69, 9.17) is 0 Å². The van der Waals surface area contributed by atoms with Crippen molar-refractivity contribution in [1.29, 1.82) is 0 Å². The number of carbonyl (C=O) groups is 1. The summed E-state index contributed by atoms with van der Waals surface area (Å²) < 4.78 is 0. The molecule has 0 saturated carbocycles. The summed E-state index contributed by atoms with van der Waals surface area (Å²) in [4.78, 5) is 16.6. The Bertz CT molecular complexity index is 1220. The molecule has 33 heavy (non-hydrogen) atoms. The lowest BCUT2D eigenvalue weighted by molar-refractivity contribution is 0.204. The third kappa shape index (κ3) is 4.40. The molecule has 3 aromatic carbocycles. The second kappa shape index (κ2) is 9.03. The van der Waals surface area contributed by atoms with Gasteiger partial charge in [-0.1, -0.05) is 92.4 Å². The summed E-state index contributed by atoms with van der Waals surface area (Å²) >= 11 is 0. The van der Waals surface area contributed by atoms with Gasteiger partial charge in [-0.3, -0.25) is 4.90 Å². The van der Waals surface area contributed by atoms with Crippen LogP contribution in [0.2, 0.25) is 19.6 Å². The minimum atomic E-state index is -1.98. The molecule has 1 aliphatic rings. The monoisotopic (exact) mass is 456 g/mol. The average molecular weight is 457 g/mol. The van der Waals surface area contributed by atoms with Crippen molar-refractivity contribution in [3.63, 3.8) is 0 Å². The van der Waals surface area contributed by atoms with Crippen molar-refractivity contribution in [3.8, 4) is 0 Å². The Labute approximate surface area is 197 Å². The van der Waals surface area contributed by atoms with Crippen molar-refractivity contribution in [3.05, 3.63) is 101 Å². The summed E-state index contributed by atoms with van der Waals surface area (Å²) in [5, 5.41) is 14.6. The Morgan fingerprint density at radius 3 is 2.33 bits per heavy atom. The maximum absolute atomic E-state index is 13.1. The number of aliphatic hydroxyl groups is 1. The predicted octanol–water partition coefficient (Wildman–Crippen LogP) is 6.29. The first-order valence-corrected chi connectivity index (χ1v) is 14.9. The Kier molecular flexibility index (Phi) is 6.31. The standard InChI is InChI=1S/C28H32N2O2Si/c1-20-26(22-13-7-6-8-14-22)30(28(32)29(20)2)19-18-25(33(3,4)5)27(31)24-17-11-15-21-12-9-10-16-23(21)24/h6-17,19-20,26-27,31H,1-5H3/t18?,20-,26-,27-/m0/s1. The molecule has 2 amide bonds. The van der Waals surface area contributed by atoms with Crippen molar-refractivity contribution in [2.75, 3.05) is 7.05 Å². The van der Waals surface area contributed by atoms with E-state index in [2.05, 4.69) is 56.6 Å². The molecule has 1 saturated heterocycles. The molecule has 1 N–H and O–H groups in total. The highest BCUT2D eigenvalue weighted by atomic mass is 28.3. The van der Waals surface area contributed by atoms with Crippen molar-refractivity contribution in [2.24, 2.45) is 0 Å². The van der Waals surface area contributed by atoms with Gasteiger partial charge in [0.05, 0.1) is 26.4 Å². The van der Waals surface area contributed by atoms with E-state index in [1.807, 2.05) is 55.6 Å². The maximum atomic E-state index is 13.1. The van der Waals surface area contributed by atoms with Gasteiger partial charge in [-0.2, -0.15) is 0 Å². The van der Waals surface area contributed by atoms with Gasteiger partial charge in [0.15, 0.2) is 0 Å². The second-order valence-corrected chi connectivity index (χ2v) is 14.8. The lowest BCUT2D eigenvalue weighted by Gasteiger charge is -2.26. The molecule has 1 fully saturated rings. The minimum absolute atomic E-state index is 0.0243. The average Bonchev–Trinajstić information content (AvgIpc) is 3.02. The van der Waals surface area contributed by atoms with E-state index >= 15 is 0 Å². The van der Waals surface area contributed by atoms with E-state index in [9.17, 15) is 9.90 Å². The summed E-state index contributed by atoms with van der Waals surface area (Å²) in [5.41, 5.74) is 5.38. The van der Waals surface area contributed by atoms with E-state index in [-0.39, 0.29) is 18.1 Å². The highest BCUT2D eigenvalue weighted by Gasteiger charge is 2.41. The molecule has 5 heteroatoms. The summed E-state index contributed by atoms with van der Waals surface area (Å²) in [7, 11) is -0.138. The van der Waals surface area contributed by atoms with E-state index in [1.54, 1.807) is 16.0 Å². The quantitative estimate of drug-likeness (QED) is 0.362. The van der Waals surface area contributed by atoms with E-state index < -0.39 is 14.2 Å². The molecule has 0 unspecified atom stereocenters. The SMILES string of the molecule is C[C@H]1[C@@H](c2ccccc2)N(C=C=C([C@@H](O)c2cccc3ccccc23)[Si](C)(C)C)C(=O)N1C. The number of carbonyl (C=O) groups excluding carboxylic acids is 1. The summed E-state index contributed by atoms with van der Waals surface area (Å²) in [6.07, 6.45) is 0.990. The molecule has 3 atom stereocenters. The number of hydrogen-bond donors (Lipinski definition) is 1. The van der Waals surface area contributed by atoms with E-state index in [1.165, 1.54) is 0 Å². The first kappa shape index (κ1) is 23.1. The molecule has 170 valence electrons. The van der Waals surface area contributed by atoms with E-state index in [0.717, 1.165) is 27.1 Å². The Morgan fingerprint density at radius 2 is 1.64 bits per heavy atom. The number of urea groups is 1. The zero-order chi connectivity index (χ0) is 23.8. The van der Waals surface area contributed by atoms with Crippen LogP contribution < -0.4 is 0 Å². The van der Waals surface area contributed by atoms with Crippen LogP contribution in [0.15, 0.2) is 89.9 Å². The fourth-order valence-corrected chi connectivity index (χ4v) is 6.11. The van der Waals surface area contributed by atoms with Gasteiger partial charge in [0.1, 0.15) is 6.10 Å². The normalized spacial score (nSPS) is 19.5. The van der Waals surface area contributed by atoms with Crippen molar-refractivity contribution < 1.29 is 9.90 Å². The van der Waals surface area contributed by atoms with Crippen molar-refractivity contribution >= 4 is 24.9 Å². The van der Waals surface area contributed by atoms with Crippen LogP contribution in [0.4, 0.5) is 4.79 Å². The highest BCUT2D eigenvalue weighted by molar-refractivity contribution is 6.83. The maximum Gasteiger partial charge on any atom is 0.325 e. The lowest BCUT2D eigenvalue weighted by atomic mass is 10.00. The third-order valence-corrected chi connectivity index (χ3v) is 8.62. The topological polar surface area (TPSA) is 43.8 Å². The van der Waals surface area contributed by atoms with Gasteiger partial charge < -0.3 is 10.0 Å². The molecule has 4 nitrogen and oxygen atoms in total. The Balaban J connectivity index is 1.81. The van der Waals surface area contributed by atoms with Gasteiger partial charge in [-0.25, -0.2) is 4.79 Å². The number of amides is 2. The first-order chi connectivity index (χ1) is 15.7. The molecule has 4 rings (SSSR count). The molecule has 0 spiro atoms. The predicted molar refractivity (Wildman–Crippen MR) is 137 cm³/mol. The number of hydrogen-bond acceptors (Lipinski definition) is 2. The molecule has 0 aromatic heterocycles. The van der Waals surface area contributed by atoms with Gasteiger partial charge in [-0.15, -0.1) is 5.73 Å². The molecule has 0 aliphatic carbocycles. The largest absolute Gasteiger partial charge is 0.384 e. The number of aliphatic hydroxyl groups excluding tert-OH is 1.